The SMILES string of the molecule is C[C@H](C(=O)NS(=O)(=O)Cc1ccc([N+](=O)[O-])cc1)N(C)Cc1ccccc1. The highest BCUT2D eigenvalue weighted by Gasteiger charge is 2.23. The van der Waals surface area contributed by atoms with E-state index in [0.29, 0.717) is 12.1 Å². The van der Waals surface area contributed by atoms with Crippen LogP contribution in [0.4, 0.5) is 5.69 Å². The number of amides is 1. The first kappa shape index (κ1) is 20.5. The molecule has 0 radical (unpaired) electrons. The van der Waals surface area contributed by atoms with Gasteiger partial charge in [0.1, 0.15) is 0 Å². The van der Waals surface area contributed by atoms with E-state index >= 15 is 0 Å². The molecule has 1 amide bonds. The molecule has 9 heteroatoms. The summed E-state index contributed by atoms with van der Waals surface area (Å²) in [7, 11) is -2.18. The van der Waals surface area contributed by atoms with Gasteiger partial charge in [-0.1, -0.05) is 42.5 Å². The number of sulfonamides is 1. The molecule has 0 unspecified atom stereocenters. The van der Waals surface area contributed by atoms with E-state index in [1.54, 1.807) is 18.9 Å². The zero-order chi connectivity index (χ0) is 20.0. The molecule has 27 heavy (non-hydrogen) atoms. The summed E-state index contributed by atoms with van der Waals surface area (Å²) in [5.41, 5.74) is 1.23. The van der Waals surface area contributed by atoms with Crippen LogP contribution in [0.2, 0.25) is 0 Å². The summed E-state index contributed by atoms with van der Waals surface area (Å²) in [6, 6.07) is 14.0. The maximum absolute atomic E-state index is 12.3. The number of nitro groups is 1. The molecule has 0 spiro atoms. The first-order valence-electron chi connectivity index (χ1n) is 8.20. The molecule has 2 aromatic carbocycles. The third kappa shape index (κ3) is 6.15. The quantitative estimate of drug-likeness (QED) is 0.545. The third-order valence-electron chi connectivity index (χ3n) is 4.08. The average molecular weight is 391 g/mol. The number of likely N-dealkylation sites (N-methyl/N-ethyl adjacent to an activating group) is 1. The molecule has 144 valence electrons. The van der Waals surface area contributed by atoms with E-state index in [2.05, 4.69) is 4.72 Å². The Morgan fingerprint density at radius 3 is 2.26 bits per heavy atom. The topological polar surface area (TPSA) is 110 Å². The molecular weight excluding hydrogens is 370 g/mol. The van der Waals surface area contributed by atoms with Gasteiger partial charge in [-0.2, -0.15) is 0 Å². The van der Waals surface area contributed by atoms with Crippen molar-refractivity contribution in [1.82, 2.24) is 9.62 Å². The number of carbonyl (C=O) groups is 1. The number of nitrogens with one attached hydrogen (secondary N) is 1. The van der Waals surface area contributed by atoms with Gasteiger partial charge in [-0.25, -0.2) is 8.42 Å². The van der Waals surface area contributed by atoms with Gasteiger partial charge in [0.15, 0.2) is 0 Å². The lowest BCUT2D eigenvalue weighted by Gasteiger charge is -2.23. The molecule has 0 aliphatic carbocycles. The number of rotatable bonds is 8. The summed E-state index contributed by atoms with van der Waals surface area (Å²) in [6.07, 6.45) is 0. The first-order chi connectivity index (χ1) is 12.7. The normalized spacial score (nSPS) is 12.6. The van der Waals surface area contributed by atoms with Crippen LogP contribution in [0.25, 0.3) is 0 Å². The summed E-state index contributed by atoms with van der Waals surface area (Å²) in [6.45, 7) is 2.12. The summed E-state index contributed by atoms with van der Waals surface area (Å²) in [5, 5.41) is 10.6. The van der Waals surface area contributed by atoms with E-state index in [-0.39, 0.29) is 5.69 Å². The molecule has 1 atom stereocenters. The van der Waals surface area contributed by atoms with Crippen molar-refractivity contribution in [2.75, 3.05) is 7.05 Å². The van der Waals surface area contributed by atoms with E-state index in [4.69, 9.17) is 0 Å². The van der Waals surface area contributed by atoms with Crippen LogP contribution in [0.3, 0.4) is 0 Å². The minimum Gasteiger partial charge on any atom is -0.291 e. The van der Waals surface area contributed by atoms with Crippen LogP contribution in [-0.4, -0.2) is 37.2 Å². The fourth-order valence-corrected chi connectivity index (χ4v) is 3.60. The van der Waals surface area contributed by atoms with Crippen molar-refractivity contribution in [3.8, 4) is 0 Å². The van der Waals surface area contributed by atoms with Crippen molar-refractivity contribution in [1.29, 1.82) is 0 Å². The molecule has 2 rings (SSSR count). The van der Waals surface area contributed by atoms with E-state index < -0.39 is 32.6 Å². The molecule has 0 aliphatic heterocycles. The molecule has 0 heterocycles. The van der Waals surface area contributed by atoms with Gasteiger partial charge in [0.25, 0.3) is 5.69 Å². The number of hydrogen-bond donors (Lipinski definition) is 1. The van der Waals surface area contributed by atoms with Crippen LogP contribution < -0.4 is 4.72 Å². The lowest BCUT2D eigenvalue weighted by atomic mass is 10.2. The Morgan fingerprint density at radius 2 is 1.70 bits per heavy atom. The van der Waals surface area contributed by atoms with Crippen molar-refractivity contribution < 1.29 is 18.1 Å². The van der Waals surface area contributed by atoms with E-state index in [9.17, 15) is 23.3 Å². The van der Waals surface area contributed by atoms with Gasteiger partial charge in [0.2, 0.25) is 15.9 Å². The molecule has 0 saturated carbocycles. The van der Waals surface area contributed by atoms with Gasteiger partial charge >= 0.3 is 0 Å². The Bertz CT molecular complexity index is 898. The van der Waals surface area contributed by atoms with Crippen LogP contribution in [-0.2, 0) is 27.1 Å². The van der Waals surface area contributed by atoms with Crippen LogP contribution in [0.5, 0.6) is 0 Å². The Kier molecular flexibility index (Phi) is 6.65. The zero-order valence-corrected chi connectivity index (χ0v) is 15.8. The highest BCUT2D eigenvalue weighted by atomic mass is 32.2. The second kappa shape index (κ2) is 8.74. The van der Waals surface area contributed by atoms with Crippen LogP contribution in [0.15, 0.2) is 54.6 Å². The monoisotopic (exact) mass is 391 g/mol. The summed E-state index contributed by atoms with van der Waals surface area (Å²) >= 11 is 0. The number of benzene rings is 2. The highest BCUT2D eigenvalue weighted by Crippen LogP contribution is 2.14. The molecule has 8 nitrogen and oxygen atoms in total. The van der Waals surface area contributed by atoms with Crippen LogP contribution >= 0.6 is 0 Å². The van der Waals surface area contributed by atoms with Crippen molar-refractivity contribution >= 4 is 21.6 Å². The lowest BCUT2D eigenvalue weighted by molar-refractivity contribution is -0.384. The number of carbonyl (C=O) groups excluding carboxylic acids is 1. The molecule has 0 saturated heterocycles. The van der Waals surface area contributed by atoms with E-state index in [1.165, 1.54) is 24.3 Å². The van der Waals surface area contributed by atoms with Gasteiger partial charge in [0, 0.05) is 18.7 Å². The number of hydrogen-bond acceptors (Lipinski definition) is 6. The summed E-state index contributed by atoms with van der Waals surface area (Å²) in [4.78, 5) is 24.1. The zero-order valence-electron chi connectivity index (χ0n) is 15.0. The molecule has 1 N–H and O–H groups in total. The lowest BCUT2D eigenvalue weighted by Crippen LogP contribution is -2.45. The van der Waals surface area contributed by atoms with E-state index in [0.717, 1.165) is 5.56 Å². The summed E-state index contributed by atoms with van der Waals surface area (Å²) < 4.78 is 26.5. The molecule has 0 aromatic heterocycles. The standard InChI is InChI=1S/C18H21N3O5S/c1-14(20(2)12-15-6-4-3-5-7-15)18(22)19-27(25,26)13-16-8-10-17(11-9-16)21(23)24/h3-11,14H,12-13H2,1-2H3,(H,19,22)/t14-/m1/s1. The Morgan fingerprint density at radius 1 is 1.11 bits per heavy atom. The van der Waals surface area contributed by atoms with Gasteiger partial charge in [-0.05, 0) is 25.1 Å². The molecular formula is C18H21N3O5S. The number of nitro benzene ring substituents is 1. The van der Waals surface area contributed by atoms with E-state index in [1.807, 2.05) is 30.3 Å². The average Bonchev–Trinajstić information content (AvgIpc) is 2.61. The second-order valence-corrected chi connectivity index (χ2v) is 7.95. The van der Waals surface area contributed by atoms with Crippen molar-refractivity contribution in [2.45, 2.75) is 25.3 Å². The Labute approximate surface area is 158 Å². The molecule has 2 aromatic rings. The van der Waals surface area contributed by atoms with Crippen LogP contribution in [0.1, 0.15) is 18.1 Å². The highest BCUT2D eigenvalue weighted by molar-refractivity contribution is 7.89. The number of nitrogens with zero attached hydrogens (tertiary/aromatic N) is 2. The third-order valence-corrected chi connectivity index (χ3v) is 5.30. The van der Waals surface area contributed by atoms with Gasteiger partial charge < -0.3 is 0 Å². The minimum atomic E-state index is -3.91. The van der Waals surface area contributed by atoms with Crippen molar-refractivity contribution in [3.63, 3.8) is 0 Å². The van der Waals surface area contributed by atoms with Gasteiger partial charge in [-0.3, -0.25) is 24.5 Å². The predicted octanol–water partition coefficient (Wildman–Crippen LogP) is 2.06. The Balaban J connectivity index is 1.96. The van der Waals surface area contributed by atoms with Gasteiger partial charge in [0.05, 0.1) is 16.7 Å². The number of non-ortho nitro benzene ring substituents is 1. The molecule has 0 bridgehead atoms. The fraction of sp³-hybridized carbons (Fsp3) is 0.278. The predicted molar refractivity (Wildman–Crippen MR) is 101 cm³/mol. The first-order valence-corrected chi connectivity index (χ1v) is 9.85. The van der Waals surface area contributed by atoms with Crippen molar-refractivity contribution in [2.24, 2.45) is 0 Å². The smallest absolute Gasteiger partial charge is 0.269 e. The molecule has 0 fully saturated rings. The maximum atomic E-state index is 12.3. The Hall–Kier alpha value is -2.78. The summed E-state index contributed by atoms with van der Waals surface area (Å²) in [5.74, 6) is -1.07. The van der Waals surface area contributed by atoms with Crippen LogP contribution in [0, 0.1) is 10.1 Å². The molecule has 0 aliphatic rings. The van der Waals surface area contributed by atoms with Crippen molar-refractivity contribution in [3.05, 3.63) is 75.8 Å². The minimum absolute atomic E-state index is 0.128. The van der Waals surface area contributed by atoms with Gasteiger partial charge in [-0.15, -0.1) is 0 Å². The largest absolute Gasteiger partial charge is 0.291 e. The fourth-order valence-electron chi connectivity index (χ4n) is 2.42. The maximum Gasteiger partial charge on any atom is 0.269 e. The second-order valence-electron chi connectivity index (χ2n) is 6.23.